The smallest absolute Gasteiger partial charge is 0.132 e. The zero-order chi connectivity index (χ0) is 8.97. The second-order valence-electron chi connectivity index (χ2n) is 2.19. The number of rotatable bonds is 2. The summed E-state index contributed by atoms with van der Waals surface area (Å²) in [7, 11) is 0. The zero-order valence-electron chi connectivity index (χ0n) is 6.17. The van der Waals surface area contributed by atoms with Crippen molar-refractivity contribution in [3.8, 4) is 0 Å². The Morgan fingerprint density at radius 3 is 2.83 bits per heavy atom. The summed E-state index contributed by atoms with van der Waals surface area (Å²) >= 11 is 0. The molecular weight excluding hydrogens is 164 g/mol. The lowest BCUT2D eigenvalue weighted by Crippen LogP contribution is -1.94. The maximum absolute atomic E-state index is 12.9. The van der Waals surface area contributed by atoms with E-state index in [2.05, 4.69) is 5.16 Å². The Balaban J connectivity index is 3.19. The van der Waals surface area contributed by atoms with Gasteiger partial charge in [0, 0.05) is 5.56 Å². The number of hydrogen-bond acceptors (Lipinski definition) is 2. The molecule has 0 atom stereocenters. The van der Waals surface area contributed by atoms with E-state index in [1.165, 1.54) is 18.2 Å². The minimum Gasteiger partial charge on any atom is -0.411 e. The quantitative estimate of drug-likeness (QED) is 0.412. The Bertz CT molecular complexity index is 299. The molecule has 0 unspecified atom stereocenters. The molecule has 0 radical (unpaired) electrons. The Hall–Kier alpha value is -1.45. The minimum atomic E-state index is -0.779. The van der Waals surface area contributed by atoms with Crippen molar-refractivity contribution in [2.24, 2.45) is 5.16 Å². The lowest BCUT2D eigenvalue weighted by atomic mass is 10.1. The van der Waals surface area contributed by atoms with Crippen molar-refractivity contribution < 1.29 is 14.0 Å². The van der Waals surface area contributed by atoms with E-state index < -0.39 is 12.5 Å². The van der Waals surface area contributed by atoms with Gasteiger partial charge in [-0.25, -0.2) is 8.78 Å². The van der Waals surface area contributed by atoms with Crippen molar-refractivity contribution in [3.63, 3.8) is 0 Å². The average molecular weight is 171 g/mol. The molecule has 0 aliphatic carbocycles. The van der Waals surface area contributed by atoms with Gasteiger partial charge in [-0.05, 0) is 11.6 Å². The molecule has 0 saturated carbocycles. The molecule has 1 aromatic carbocycles. The molecule has 0 saturated heterocycles. The lowest BCUT2D eigenvalue weighted by molar-refractivity contribution is 0.321. The first-order valence-electron chi connectivity index (χ1n) is 3.30. The van der Waals surface area contributed by atoms with Crippen LogP contribution in [0.25, 0.3) is 0 Å². The highest BCUT2D eigenvalue weighted by atomic mass is 19.1. The summed E-state index contributed by atoms with van der Waals surface area (Å²) in [4.78, 5) is 0. The summed E-state index contributed by atoms with van der Waals surface area (Å²) in [6.45, 7) is -0.779. The predicted molar refractivity (Wildman–Crippen MR) is 40.6 cm³/mol. The van der Waals surface area contributed by atoms with E-state index in [0.717, 1.165) is 6.21 Å². The Morgan fingerprint density at radius 1 is 1.50 bits per heavy atom. The van der Waals surface area contributed by atoms with E-state index in [0.29, 0.717) is 0 Å². The van der Waals surface area contributed by atoms with Gasteiger partial charge in [0.05, 0.1) is 6.21 Å². The second-order valence-corrected chi connectivity index (χ2v) is 2.19. The highest BCUT2D eigenvalue weighted by Crippen LogP contribution is 2.12. The standard InChI is InChI=1S/C8H7F2NO/c9-4-6-2-1-3-8(10)7(6)5-11-12/h1-3,5,12H,4H2. The van der Waals surface area contributed by atoms with E-state index in [1.54, 1.807) is 0 Å². The summed E-state index contributed by atoms with van der Waals surface area (Å²) < 4.78 is 25.0. The van der Waals surface area contributed by atoms with Gasteiger partial charge >= 0.3 is 0 Å². The number of nitrogens with zero attached hydrogens (tertiary/aromatic N) is 1. The first-order chi connectivity index (χ1) is 5.79. The van der Waals surface area contributed by atoms with Gasteiger partial charge in [0.15, 0.2) is 0 Å². The van der Waals surface area contributed by atoms with Crippen LogP contribution in [-0.4, -0.2) is 11.4 Å². The Morgan fingerprint density at radius 2 is 2.25 bits per heavy atom. The Labute approximate surface area is 68.1 Å². The summed E-state index contributed by atoms with van der Waals surface area (Å²) in [5, 5.41) is 10.8. The second kappa shape index (κ2) is 3.80. The van der Waals surface area contributed by atoms with Gasteiger partial charge < -0.3 is 5.21 Å². The van der Waals surface area contributed by atoms with Crippen LogP contribution in [-0.2, 0) is 6.67 Å². The molecule has 4 heteroatoms. The van der Waals surface area contributed by atoms with Crippen molar-refractivity contribution in [2.75, 3.05) is 0 Å². The van der Waals surface area contributed by atoms with Crippen LogP contribution in [0.4, 0.5) is 8.78 Å². The first kappa shape index (κ1) is 8.64. The fraction of sp³-hybridized carbons (Fsp3) is 0.125. The van der Waals surface area contributed by atoms with E-state index in [9.17, 15) is 8.78 Å². The molecule has 1 aromatic rings. The summed E-state index contributed by atoms with van der Waals surface area (Å²) in [6.07, 6.45) is 0.879. The van der Waals surface area contributed by atoms with Crippen molar-refractivity contribution in [1.82, 2.24) is 0 Å². The molecule has 2 nitrogen and oxygen atoms in total. The third-order valence-electron chi connectivity index (χ3n) is 1.47. The van der Waals surface area contributed by atoms with Crippen LogP contribution in [0.5, 0.6) is 0 Å². The third-order valence-corrected chi connectivity index (χ3v) is 1.47. The topological polar surface area (TPSA) is 32.6 Å². The SMILES string of the molecule is ON=Cc1c(F)cccc1CF. The fourth-order valence-electron chi connectivity index (χ4n) is 0.901. The number of halogens is 2. The Kier molecular flexibility index (Phi) is 2.74. The van der Waals surface area contributed by atoms with Gasteiger partial charge in [-0.2, -0.15) is 0 Å². The summed E-state index contributed by atoms with van der Waals surface area (Å²) in [5.41, 5.74) is 0.162. The number of hydrogen-bond donors (Lipinski definition) is 1. The molecule has 1 N–H and O–H groups in total. The van der Waals surface area contributed by atoms with Crippen LogP contribution in [0.3, 0.4) is 0 Å². The van der Waals surface area contributed by atoms with Gasteiger partial charge in [-0.1, -0.05) is 17.3 Å². The molecule has 0 spiro atoms. The summed E-state index contributed by atoms with van der Waals surface area (Å²) in [6, 6.07) is 4.01. The van der Waals surface area contributed by atoms with Gasteiger partial charge in [0.25, 0.3) is 0 Å². The van der Waals surface area contributed by atoms with Crippen LogP contribution in [0.15, 0.2) is 23.4 Å². The van der Waals surface area contributed by atoms with Crippen molar-refractivity contribution >= 4 is 6.21 Å². The molecule has 0 heterocycles. The molecule has 0 aliphatic heterocycles. The predicted octanol–water partition coefficient (Wildman–Crippen LogP) is 2.10. The molecule has 0 fully saturated rings. The average Bonchev–Trinajstić information content (AvgIpc) is 2.09. The first-order valence-corrected chi connectivity index (χ1v) is 3.30. The van der Waals surface area contributed by atoms with Gasteiger partial charge in [0.2, 0.25) is 0 Å². The van der Waals surface area contributed by atoms with Crippen LogP contribution in [0, 0.1) is 5.82 Å². The molecule has 0 aromatic heterocycles. The molecular formula is C8H7F2NO. The van der Waals surface area contributed by atoms with Crippen molar-refractivity contribution in [2.45, 2.75) is 6.67 Å². The van der Waals surface area contributed by atoms with Crippen LogP contribution in [0.2, 0.25) is 0 Å². The normalized spacial score (nSPS) is 10.8. The van der Waals surface area contributed by atoms with Gasteiger partial charge in [-0.15, -0.1) is 0 Å². The maximum atomic E-state index is 12.9. The number of alkyl halides is 1. The van der Waals surface area contributed by atoms with E-state index in [1.807, 2.05) is 0 Å². The zero-order valence-corrected chi connectivity index (χ0v) is 6.17. The largest absolute Gasteiger partial charge is 0.411 e. The number of benzene rings is 1. The maximum Gasteiger partial charge on any atom is 0.132 e. The van der Waals surface area contributed by atoms with Crippen molar-refractivity contribution in [3.05, 3.63) is 35.1 Å². The van der Waals surface area contributed by atoms with Crippen molar-refractivity contribution in [1.29, 1.82) is 0 Å². The summed E-state index contributed by atoms with van der Waals surface area (Å²) in [5.74, 6) is -0.594. The highest BCUT2D eigenvalue weighted by Gasteiger charge is 2.04. The molecule has 0 aliphatic rings. The molecule has 64 valence electrons. The van der Waals surface area contributed by atoms with Gasteiger partial charge in [0.1, 0.15) is 12.5 Å². The highest BCUT2D eigenvalue weighted by molar-refractivity contribution is 5.81. The molecule has 0 amide bonds. The van der Waals surface area contributed by atoms with E-state index in [-0.39, 0.29) is 11.1 Å². The fourth-order valence-corrected chi connectivity index (χ4v) is 0.901. The van der Waals surface area contributed by atoms with E-state index >= 15 is 0 Å². The molecule has 0 bridgehead atoms. The van der Waals surface area contributed by atoms with Crippen LogP contribution < -0.4 is 0 Å². The van der Waals surface area contributed by atoms with Crippen LogP contribution >= 0.6 is 0 Å². The lowest BCUT2D eigenvalue weighted by Gasteiger charge is -2.00. The minimum absolute atomic E-state index is 0.0116. The number of oxime groups is 1. The third kappa shape index (κ3) is 1.58. The van der Waals surface area contributed by atoms with Crippen LogP contribution in [0.1, 0.15) is 11.1 Å². The van der Waals surface area contributed by atoms with Gasteiger partial charge in [-0.3, -0.25) is 0 Å². The molecule has 1 rings (SSSR count). The van der Waals surface area contributed by atoms with E-state index in [4.69, 9.17) is 5.21 Å². The molecule has 12 heavy (non-hydrogen) atoms. The monoisotopic (exact) mass is 171 g/mol.